The van der Waals surface area contributed by atoms with E-state index in [1.54, 1.807) is 4.31 Å². The van der Waals surface area contributed by atoms with Gasteiger partial charge in [0.05, 0.1) is 11.3 Å². The van der Waals surface area contributed by atoms with Crippen molar-refractivity contribution in [2.75, 3.05) is 31.9 Å². The summed E-state index contributed by atoms with van der Waals surface area (Å²) >= 11 is 0. The average molecular weight is 455 g/mol. The lowest BCUT2D eigenvalue weighted by atomic mass is 9.76. The van der Waals surface area contributed by atoms with Crippen molar-refractivity contribution in [3.05, 3.63) is 35.4 Å². The molecule has 0 N–H and O–H groups in total. The van der Waals surface area contributed by atoms with Gasteiger partial charge in [-0.3, -0.25) is 9.69 Å². The van der Waals surface area contributed by atoms with Crippen LogP contribution in [-0.4, -0.2) is 60.9 Å². The Hall–Kier alpha value is -1.38. The van der Waals surface area contributed by atoms with Crippen LogP contribution in [0.25, 0.3) is 0 Å². The fraction of sp³-hybridized carbons (Fsp3) is 0.696. The van der Waals surface area contributed by atoms with Gasteiger partial charge in [0.15, 0.2) is 5.78 Å². The Bertz CT molecular complexity index is 883. The van der Waals surface area contributed by atoms with Gasteiger partial charge in [-0.1, -0.05) is 25.3 Å². The molecule has 0 aromatic heterocycles. The third-order valence-corrected chi connectivity index (χ3v) is 9.33. The molecule has 0 spiro atoms. The molecule has 172 valence electrons. The molecule has 0 bridgehead atoms. The second-order valence-corrected chi connectivity index (χ2v) is 11.4. The number of carbonyl (C=O) groups is 1. The van der Waals surface area contributed by atoms with E-state index >= 15 is 0 Å². The topological polar surface area (TPSA) is 57.7 Å². The molecule has 4 rings (SSSR count). The third-order valence-electron chi connectivity index (χ3n) is 7.29. The van der Waals surface area contributed by atoms with Gasteiger partial charge in [0, 0.05) is 38.1 Å². The van der Waals surface area contributed by atoms with Crippen molar-refractivity contribution < 1.29 is 22.0 Å². The molecule has 2 aliphatic carbocycles. The van der Waals surface area contributed by atoms with Gasteiger partial charge in [-0.05, 0) is 50.2 Å². The largest absolute Gasteiger partial charge is 0.295 e. The lowest BCUT2D eigenvalue weighted by Crippen LogP contribution is -2.59. The average Bonchev–Trinajstić information content (AvgIpc) is 3.56. The Balaban J connectivity index is 1.42. The van der Waals surface area contributed by atoms with Crippen LogP contribution in [0, 0.1) is 17.6 Å². The summed E-state index contributed by atoms with van der Waals surface area (Å²) in [5.41, 5.74) is -0.633. The molecular weight excluding hydrogens is 422 g/mol. The molecule has 3 fully saturated rings. The van der Waals surface area contributed by atoms with Crippen molar-refractivity contribution in [3.8, 4) is 0 Å². The van der Waals surface area contributed by atoms with Gasteiger partial charge in [0.2, 0.25) is 10.0 Å². The molecule has 0 amide bonds. The summed E-state index contributed by atoms with van der Waals surface area (Å²) in [4.78, 5) is 15.0. The Labute approximate surface area is 183 Å². The maximum atomic E-state index is 14.0. The van der Waals surface area contributed by atoms with Gasteiger partial charge in [-0.15, -0.1) is 0 Å². The maximum Gasteiger partial charge on any atom is 0.214 e. The summed E-state index contributed by atoms with van der Waals surface area (Å²) in [5.74, 6) is -1.51. The van der Waals surface area contributed by atoms with Crippen LogP contribution >= 0.6 is 0 Å². The molecular formula is C23H32F2N2O3S. The van der Waals surface area contributed by atoms with Gasteiger partial charge in [0.25, 0.3) is 0 Å². The number of carbonyl (C=O) groups excluding carboxylic acids is 1. The number of nitrogens with zero attached hydrogens (tertiary/aromatic N) is 2. The molecule has 1 aromatic carbocycles. The zero-order valence-corrected chi connectivity index (χ0v) is 18.8. The summed E-state index contributed by atoms with van der Waals surface area (Å²) < 4.78 is 54.9. The van der Waals surface area contributed by atoms with E-state index in [2.05, 4.69) is 4.90 Å². The first-order valence-electron chi connectivity index (χ1n) is 11.5. The zero-order valence-electron chi connectivity index (χ0n) is 18.0. The summed E-state index contributed by atoms with van der Waals surface area (Å²) in [5, 5.41) is 0. The molecule has 1 aliphatic heterocycles. The number of benzene rings is 1. The minimum absolute atomic E-state index is 0.0953. The summed E-state index contributed by atoms with van der Waals surface area (Å²) in [6.45, 7) is 2.25. The number of Topliss-reactive ketones (excluding diaryl/α,β-unsaturated/α-hetero) is 1. The van der Waals surface area contributed by atoms with Crippen LogP contribution in [0.4, 0.5) is 8.78 Å². The van der Waals surface area contributed by atoms with Crippen LogP contribution in [0.15, 0.2) is 18.2 Å². The second kappa shape index (κ2) is 9.24. The normalized spacial score (nSPS) is 23.0. The van der Waals surface area contributed by atoms with Crippen LogP contribution in [-0.2, 0) is 10.0 Å². The quantitative estimate of drug-likeness (QED) is 0.558. The minimum Gasteiger partial charge on any atom is -0.295 e. The minimum atomic E-state index is -3.20. The van der Waals surface area contributed by atoms with Gasteiger partial charge in [-0.2, -0.15) is 4.31 Å². The van der Waals surface area contributed by atoms with Crippen LogP contribution in [0.2, 0.25) is 0 Å². The fourth-order valence-corrected chi connectivity index (χ4v) is 7.16. The summed E-state index contributed by atoms with van der Waals surface area (Å²) in [6, 6.07) is 3.50. The lowest BCUT2D eigenvalue weighted by Gasteiger charge is -2.50. The number of hydrogen-bond donors (Lipinski definition) is 0. The molecule has 1 heterocycles. The highest BCUT2D eigenvalue weighted by atomic mass is 32.2. The first-order chi connectivity index (χ1) is 14.8. The first-order valence-corrected chi connectivity index (χ1v) is 13.1. The molecule has 8 heteroatoms. The lowest BCUT2D eigenvalue weighted by molar-refractivity contribution is 0.0165. The third kappa shape index (κ3) is 5.17. The summed E-state index contributed by atoms with van der Waals surface area (Å²) in [7, 11) is -3.20. The van der Waals surface area contributed by atoms with Crippen LogP contribution in [0.3, 0.4) is 0 Å². The fourth-order valence-electron chi connectivity index (χ4n) is 5.30. The summed E-state index contributed by atoms with van der Waals surface area (Å²) in [6.07, 6.45) is 7.81. The molecule has 0 radical (unpaired) electrons. The highest BCUT2D eigenvalue weighted by molar-refractivity contribution is 7.89. The Morgan fingerprint density at radius 3 is 2.19 bits per heavy atom. The van der Waals surface area contributed by atoms with E-state index in [-0.39, 0.29) is 17.7 Å². The Morgan fingerprint density at radius 1 is 1.00 bits per heavy atom. The number of ketones is 1. The van der Waals surface area contributed by atoms with Crippen molar-refractivity contribution in [2.24, 2.45) is 5.92 Å². The van der Waals surface area contributed by atoms with Gasteiger partial charge in [0.1, 0.15) is 11.6 Å². The Morgan fingerprint density at radius 2 is 1.61 bits per heavy atom. The van der Waals surface area contributed by atoms with Gasteiger partial charge in [-0.25, -0.2) is 17.2 Å². The van der Waals surface area contributed by atoms with Crippen molar-refractivity contribution >= 4 is 15.8 Å². The van der Waals surface area contributed by atoms with Crippen LogP contribution in [0.5, 0.6) is 0 Å². The van der Waals surface area contributed by atoms with E-state index in [0.29, 0.717) is 38.5 Å². The van der Waals surface area contributed by atoms with E-state index in [1.807, 2.05) is 0 Å². The number of sulfonamides is 1. The SMILES string of the molecule is O=C(CCC1(N2CCN(S(=O)(=O)CC3CC3)CC2)CCCCC1)c1c(F)cccc1F. The number of halogens is 2. The van der Waals surface area contributed by atoms with Crippen LogP contribution in [0.1, 0.15) is 68.1 Å². The molecule has 5 nitrogen and oxygen atoms in total. The zero-order chi connectivity index (χ0) is 22.1. The first kappa shape index (κ1) is 22.8. The molecule has 0 atom stereocenters. The van der Waals surface area contributed by atoms with Crippen molar-refractivity contribution in [3.63, 3.8) is 0 Å². The van der Waals surface area contributed by atoms with E-state index < -0.39 is 33.0 Å². The van der Waals surface area contributed by atoms with E-state index in [9.17, 15) is 22.0 Å². The molecule has 31 heavy (non-hydrogen) atoms. The van der Waals surface area contributed by atoms with E-state index in [4.69, 9.17) is 0 Å². The molecule has 0 unspecified atom stereocenters. The molecule has 1 saturated heterocycles. The smallest absolute Gasteiger partial charge is 0.214 e. The highest BCUT2D eigenvalue weighted by Gasteiger charge is 2.41. The van der Waals surface area contributed by atoms with E-state index in [0.717, 1.165) is 57.1 Å². The number of piperazine rings is 1. The van der Waals surface area contributed by atoms with Crippen molar-refractivity contribution in [1.29, 1.82) is 0 Å². The predicted octanol–water partition coefficient (Wildman–Crippen LogP) is 3.99. The molecule has 3 aliphatic rings. The number of rotatable bonds is 8. The Kier molecular flexibility index (Phi) is 6.79. The van der Waals surface area contributed by atoms with Gasteiger partial charge < -0.3 is 0 Å². The van der Waals surface area contributed by atoms with Crippen molar-refractivity contribution in [2.45, 2.75) is 63.3 Å². The monoisotopic (exact) mass is 454 g/mol. The highest BCUT2D eigenvalue weighted by Crippen LogP contribution is 2.39. The molecule has 1 aromatic rings. The second-order valence-electron chi connectivity index (χ2n) is 9.41. The number of hydrogen-bond acceptors (Lipinski definition) is 4. The van der Waals surface area contributed by atoms with Crippen molar-refractivity contribution in [1.82, 2.24) is 9.21 Å². The van der Waals surface area contributed by atoms with Crippen LogP contribution < -0.4 is 0 Å². The molecule has 2 saturated carbocycles. The standard InChI is InChI=1S/C23H32F2N2O3S/c24-19-5-4-6-20(25)22(19)21(28)9-12-23(10-2-1-3-11-23)26-13-15-27(16-14-26)31(29,30)17-18-7-8-18/h4-6,18H,1-3,7-17H2. The maximum absolute atomic E-state index is 14.0. The van der Waals surface area contributed by atoms with Gasteiger partial charge >= 0.3 is 0 Å². The van der Waals surface area contributed by atoms with E-state index in [1.165, 1.54) is 6.07 Å². The predicted molar refractivity (Wildman–Crippen MR) is 115 cm³/mol.